The van der Waals surface area contributed by atoms with Gasteiger partial charge in [0.15, 0.2) is 0 Å². The second-order valence-electron chi connectivity index (χ2n) is 6.01. The monoisotopic (exact) mass is 286 g/mol. The third-order valence-corrected chi connectivity index (χ3v) is 4.06. The van der Waals surface area contributed by atoms with E-state index in [0.29, 0.717) is 12.5 Å². The number of esters is 1. The van der Waals surface area contributed by atoms with Gasteiger partial charge in [0.05, 0.1) is 7.11 Å². The van der Waals surface area contributed by atoms with Crippen LogP contribution in [0.3, 0.4) is 0 Å². The summed E-state index contributed by atoms with van der Waals surface area (Å²) in [7, 11) is 1.39. The van der Waals surface area contributed by atoms with E-state index in [2.05, 4.69) is 25.7 Å². The maximum absolute atomic E-state index is 11.5. The van der Waals surface area contributed by atoms with Gasteiger partial charge in [0.2, 0.25) is 0 Å². The number of methoxy groups -OCH3 is 1. The zero-order valence-electron chi connectivity index (χ0n) is 14.1. The van der Waals surface area contributed by atoms with Crippen molar-refractivity contribution in [1.29, 1.82) is 0 Å². The third kappa shape index (κ3) is 7.25. The van der Waals surface area contributed by atoms with Gasteiger partial charge in [-0.25, -0.2) is 0 Å². The van der Waals surface area contributed by atoms with E-state index in [1.54, 1.807) is 6.92 Å². The van der Waals surface area contributed by atoms with Crippen LogP contribution in [0.25, 0.3) is 0 Å². The molecule has 0 aromatic carbocycles. The Morgan fingerprint density at radius 3 is 2.35 bits per heavy atom. The van der Waals surface area contributed by atoms with Crippen LogP contribution in [-0.4, -0.2) is 42.6 Å². The summed E-state index contributed by atoms with van der Waals surface area (Å²) >= 11 is 0. The van der Waals surface area contributed by atoms with Gasteiger partial charge in [-0.1, -0.05) is 20.3 Å². The molecule has 0 aromatic heterocycles. The first-order valence-electron chi connectivity index (χ1n) is 8.00. The molecule has 2 atom stereocenters. The fourth-order valence-electron chi connectivity index (χ4n) is 2.31. The second kappa shape index (κ2) is 10.2. The Morgan fingerprint density at radius 1 is 1.25 bits per heavy atom. The molecular formula is C16H34N2O2. The van der Waals surface area contributed by atoms with Gasteiger partial charge in [-0.05, 0) is 59.0 Å². The summed E-state index contributed by atoms with van der Waals surface area (Å²) in [6.45, 7) is 10.8. The minimum atomic E-state index is -0.848. The van der Waals surface area contributed by atoms with Gasteiger partial charge < -0.3 is 15.4 Å². The Morgan fingerprint density at radius 2 is 1.85 bits per heavy atom. The molecule has 120 valence electrons. The first kappa shape index (κ1) is 19.4. The van der Waals surface area contributed by atoms with Crippen molar-refractivity contribution < 1.29 is 9.53 Å². The molecule has 0 heterocycles. The molecule has 0 radical (unpaired) electrons. The normalized spacial score (nSPS) is 15.9. The molecule has 0 aliphatic rings. The quantitative estimate of drug-likeness (QED) is 0.469. The van der Waals surface area contributed by atoms with Crippen LogP contribution in [0.15, 0.2) is 0 Å². The van der Waals surface area contributed by atoms with E-state index >= 15 is 0 Å². The minimum absolute atomic E-state index is 0.317. The van der Waals surface area contributed by atoms with Crippen LogP contribution in [0.1, 0.15) is 66.2 Å². The second-order valence-corrected chi connectivity index (χ2v) is 6.01. The van der Waals surface area contributed by atoms with Crippen LogP contribution in [0.4, 0.5) is 0 Å². The van der Waals surface area contributed by atoms with E-state index in [1.165, 1.54) is 32.9 Å². The lowest BCUT2D eigenvalue weighted by atomic mass is 9.96. The van der Waals surface area contributed by atoms with Crippen molar-refractivity contribution in [3.8, 4) is 0 Å². The average Bonchev–Trinajstić information content (AvgIpc) is 2.44. The lowest BCUT2D eigenvalue weighted by Crippen LogP contribution is -2.45. The smallest absolute Gasteiger partial charge is 0.325 e. The van der Waals surface area contributed by atoms with Crippen molar-refractivity contribution in [2.24, 2.45) is 5.73 Å². The average molecular weight is 286 g/mol. The van der Waals surface area contributed by atoms with E-state index < -0.39 is 5.54 Å². The molecule has 0 rings (SSSR count). The Bertz CT molecular complexity index is 267. The predicted octanol–water partition coefficient (Wildman–Crippen LogP) is 2.95. The molecule has 2 unspecified atom stereocenters. The number of carbonyl (C=O) groups is 1. The predicted molar refractivity (Wildman–Crippen MR) is 84.7 cm³/mol. The van der Waals surface area contributed by atoms with Crippen molar-refractivity contribution in [2.75, 3.05) is 20.2 Å². The molecule has 2 N–H and O–H groups in total. The number of carbonyl (C=O) groups excluding carboxylic acids is 1. The molecular weight excluding hydrogens is 252 g/mol. The molecule has 0 saturated carbocycles. The lowest BCUT2D eigenvalue weighted by Gasteiger charge is -2.29. The Hall–Kier alpha value is -0.610. The SMILES string of the molecule is CCCCN(CCCCC(C)(N)C(=O)OC)C(C)CC. The van der Waals surface area contributed by atoms with Crippen molar-refractivity contribution in [1.82, 2.24) is 4.90 Å². The molecule has 4 nitrogen and oxygen atoms in total. The number of unbranched alkanes of at least 4 members (excludes halogenated alkanes) is 2. The molecule has 0 bridgehead atoms. The molecule has 0 spiro atoms. The lowest BCUT2D eigenvalue weighted by molar-refractivity contribution is -0.146. The fraction of sp³-hybridized carbons (Fsp3) is 0.938. The van der Waals surface area contributed by atoms with E-state index in [-0.39, 0.29) is 5.97 Å². The summed E-state index contributed by atoms with van der Waals surface area (Å²) in [5, 5.41) is 0. The molecule has 0 saturated heterocycles. The number of ether oxygens (including phenoxy) is 1. The van der Waals surface area contributed by atoms with E-state index in [9.17, 15) is 4.79 Å². The largest absolute Gasteiger partial charge is 0.468 e. The first-order chi connectivity index (χ1) is 9.38. The first-order valence-corrected chi connectivity index (χ1v) is 8.00. The molecule has 0 aliphatic heterocycles. The number of nitrogens with two attached hydrogens (primary N) is 1. The Kier molecular flexibility index (Phi) is 9.86. The van der Waals surface area contributed by atoms with Gasteiger partial charge in [-0.2, -0.15) is 0 Å². The van der Waals surface area contributed by atoms with Gasteiger partial charge in [-0.3, -0.25) is 4.79 Å². The van der Waals surface area contributed by atoms with Crippen molar-refractivity contribution in [3.63, 3.8) is 0 Å². The van der Waals surface area contributed by atoms with Gasteiger partial charge in [-0.15, -0.1) is 0 Å². The molecule has 0 aliphatic carbocycles. The van der Waals surface area contributed by atoms with Crippen molar-refractivity contribution >= 4 is 5.97 Å². The number of hydrogen-bond donors (Lipinski definition) is 1. The summed E-state index contributed by atoms with van der Waals surface area (Å²) in [5.74, 6) is -0.317. The van der Waals surface area contributed by atoms with Gasteiger partial charge >= 0.3 is 5.97 Å². The maximum Gasteiger partial charge on any atom is 0.325 e. The number of hydrogen-bond acceptors (Lipinski definition) is 4. The summed E-state index contributed by atoms with van der Waals surface area (Å²) < 4.78 is 4.73. The van der Waals surface area contributed by atoms with Crippen LogP contribution in [-0.2, 0) is 9.53 Å². The molecule has 4 heteroatoms. The van der Waals surface area contributed by atoms with E-state index in [4.69, 9.17) is 10.5 Å². The van der Waals surface area contributed by atoms with Gasteiger partial charge in [0, 0.05) is 6.04 Å². The highest BCUT2D eigenvalue weighted by atomic mass is 16.5. The van der Waals surface area contributed by atoms with Crippen LogP contribution in [0.5, 0.6) is 0 Å². The Balaban J connectivity index is 4.08. The zero-order chi connectivity index (χ0) is 15.6. The summed E-state index contributed by atoms with van der Waals surface area (Å²) in [6.07, 6.45) is 6.39. The topological polar surface area (TPSA) is 55.6 Å². The molecule has 0 fully saturated rings. The molecule has 0 amide bonds. The maximum atomic E-state index is 11.5. The highest BCUT2D eigenvalue weighted by Gasteiger charge is 2.28. The van der Waals surface area contributed by atoms with E-state index in [1.807, 2.05) is 0 Å². The van der Waals surface area contributed by atoms with Crippen molar-refractivity contribution in [2.45, 2.75) is 77.8 Å². The highest BCUT2D eigenvalue weighted by molar-refractivity contribution is 5.79. The number of nitrogens with zero attached hydrogens (tertiary/aromatic N) is 1. The summed E-state index contributed by atoms with van der Waals surface area (Å²) in [5.41, 5.74) is 5.12. The molecule has 0 aromatic rings. The van der Waals surface area contributed by atoms with Crippen molar-refractivity contribution in [3.05, 3.63) is 0 Å². The number of rotatable bonds is 11. The van der Waals surface area contributed by atoms with Gasteiger partial charge in [0.25, 0.3) is 0 Å². The summed E-state index contributed by atoms with van der Waals surface area (Å²) in [6, 6.07) is 0.631. The minimum Gasteiger partial charge on any atom is -0.468 e. The van der Waals surface area contributed by atoms with Crippen LogP contribution in [0.2, 0.25) is 0 Å². The fourth-order valence-corrected chi connectivity index (χ4v) is 2.31. The highest BCUT2D eigenvalue weighted by Crippen LogP contribution is 2.14. The van der Waals surface area contributed by atoms with Crippen LogP contribution < -0.4 is 5.73 Å². The van der Waals surface area contributed by atoms with Gasteiger partial charge in [0.1, 0.15) is 5.54 Å². The standard InChI is InChI=1S/C16H34N2O2/c1-6-8-12-18(14(3)7-2)13-10-9-11-16(4,17)15(19)20-5/h14H,6-13,17H2,1-5H3. The van der Waals surface area contributed by atoms with E-state index in [0.717, 1.165) is 19.4 Å². The molecule has 20 heavy (non-hydrogen) atoms. The van der Waals surface area contributed by atoms with Crippen LogP contribution >= 0.6 is 0 Å². The Labute approximate surface area is 125 Å². The zero-order valence-corrected chi connectivity index (χ0v) is 14.1. The summed E-state index contributed by atoms with van der Waals surface area (Å²) in [4.78, 5) is 14.1. The van der Waals surface area contributed by atoms with Crippen LogP contribution in [0, 0.1) is 0 Å². The third-order valence-electron chi connectivity index (χ3n) is 4.06.